The van der Waals surface area contributed by atoms with E-state index < -0.39 is 0 Å². The van der Waals surface area contributed by atoms with Crippen molar-refractivity contribution in [2.24, 2.45) is 0 Å². The van der Waals surface area contributed by atoms with E-state index in [0.717, 1.165) is 66.3 Å². The zero-order chi connectivity index (χ0) is 19.5. The van der Waals surface area contributed by atoms with Gasteiger partial charge in [0.1, 0.15) is 5.82 Å². The van der Waals surface area contributed by atoms with Gasteiger partial charge in [-0.25, -0.2) is 4.39 Å². The number of fused-ring (bicyclic) bond motifs is 3. The Morgan fingerprint density at radius 2 is 1.57 bits per heavy atom. The molecule has 0 saturated carbocycles. The highest BCUT2D eigenvalue weighted by molar-refractivity contribution is 5.77. The quantitative estimate of drug-likeness (QED) is 0.451. The highest BCUT2D eigenvalue weighted by Crippen LogP contribution is 2.37. The number of nitrogens with zero attached hydrogens (tertiary/aromatic N) is 1. The molecule has 0 radical (unpaired) electrons. The number of halogens is 1. The summed E-state index contributed by atoms with van der Waals surface area (Å²) in [6, 6.07) is 20.1. The Labute approximate surface area is 166 Å². The first kappa shape index (κ1) is 18.4. The summed E-state index contributed by atoms with van der Waals surface area (Å²) < 4.78 is 14.7. The predicted molar refractivity (Wildman–Crippen MR) is 113 cm³/mol. The standard InChI is InChI=1S/C26H24FN/c1-2-3-4-5-23-15-22-11-10-21-14-20(19-8-6-18(17-28)7-9-19)12-13-24(21)25(22)16-26(23)27/h6-9,12-16H,2-5,10-11H2,1H3. The molecule has 28 heavy (non-hydrogen) atoms. The molecular weight excluding hydrogens is 345 g/mol. The molecule has 0 aliphatic heterocycles. The van der Waals surface area contributed by atoms with Crippen LogP contribution in [-0.4, -0.2) is 0 Å². The van der Waals surface area contributed by atoms with Gasteiger partial charge in [-0.2, -0.15) is 5.26 Å². The molecule has 0 fully saturated rings. The second-order valence-corrected chi connectivity index (χ2v) is 7.62. The molecule has 0 heterocycles. The third-order valence-corrected chi connectivity index (χ3v) is 5.73. The van der Waals surface area contributed by atoms with Gasteiger partial charge in [-0.3, -0.25) is 0 Å². The maximum Gasteiger partial charge on any atom is 0.127 e. The number of hydrogen-bond acceptors (Lipinski definition) is 1. The summed E-state index contributed by atoms with van der Waals surface area (Å²) in [6.07, 6.45) is 6.12. The van der Waals surface area contributed by atoms with Crippen molar-refractivity contribution < 1.29 is 4.39 Å². The van der Waals surface area contributed by atoms with E-state index in [4.69, 9.17) is 5.26 Å². The Balaban J connectivity index is 1.66. The highest BCUT2D eigenvalue weighted by Gasteiger charge is 2.19. The van der Waals surface area contributed by atoms with Crippen LogP contribution in [0, 0.1) is 17.1 Å². The Kier molecular flexibility index (Phi) is 5.26. The first-order valence-corrected chi connectivity index (χ1v) is 10.1. The third kappa shape index (κ3) is 3.58. The number of hydrogen-bond donors (Lipinski definition) is 0. The lowest BCUT2D eigenvalue weighted by Crippen LogP contribution is -2.06. The maximum atomic E-state index is 14.7. The minimum absolute atomic E-state index is 0.0705. The van der Waals surface area contributed by atoms with Gasteiger partial charge in [0, 0.05) is 0 Å². The van der Waals surface area contributed by atoms with Crippen LogP contribution in [0.5, 0.6) is 0 Å². The van der Waals surface area contributed by atoms with E-state index in [1.807, 2.05) is 24.3 Å². The van der Waals surface area contributed by atoms with E-state index in [0.29, 0.717) is 5.56 Å². The SMILES string of the molecule is CCCCCc1cc2c(cc1F)-c1ccc(-c3ccc(C#N)cc3)cc1CC2. The van der Waals surface area contributed by atoms with E-state index in [-0.39, 0.29) is 5.82 Å². The molecule has 0 atom stereocenters. The summed E-state index contributed by atoms with van der Waals surface area (Å²) in [4.78, 5) is 0. The van der Waals surface area contributed by atoms with Gasteiger partial charge >= 0.3 is 0 Å². The molecule has 0 unspecified atom stereocenters. The number of nitriles is 1. The topological polar surface area (TPSA) is 23.8 Å². The Morgan fingerprint density at radius 3 is 2.29 bits per heavy atom. The molecule has 0 bridgehead atoms. The van der Waals surface area contributed by atoms with Crippen LogP contribution in [-0.2, 0) is 19.3 Å². The average molecular weight is 369 g/mol. The predicted octanol–water partition coefficient (Wildman–Crippen LogP) is 6.86. The molecule has 1 aliphatic carbocycles. The fourth-order valence-corrected chi connectivity index (χ4v) is 4.13. The Morgan fingerprint density at radius 1 is 0.857 bits per heavy atom. The van der Waals surface area contributed by atoms with E-state index in [1.165, 1.54) is 11.1 Å². The molecular formula is C26H24FN. The second-order valence-electron chi connectivity index (χ2n) is 7.62. The van der Waals surface area contributed by atoms with Crippen molar-refractivity contribution in [3.63, 3.8) is 0 Å². The fraction of sp³-hybridized carbons (Fsp3) is 0.269. The normalized spacial score (nSPS) is 12.2. The minimum atomic E-state index is -0.0705. The lowest BCUT2D eigenvalue weighted by Gasteiger charge is -2.22. The van der Waals surface area contributed by atoms with Gasteiger partial charge in [0.2, 0.25) is 0 Å². The largest absolute Gasteiger partial charge is 0.207 e. The molecule has 4 rings (SSSR count). The monoisotopic (exact) mass is 369 g/mol. The van der Waals surface area contributed by atoms with Crippen molar-refractivity contribution >= 4 is 0 Å². The molecule has 2 heteroatoms. The molecule has 0 spiro atoms. The minimum Gasteiger partial charge on any atom is -0.207 e. The summed E-state index contributed by atoms with van der Waals surface area (Å²) in [7, 11) is 0. The van der Waals surface area contributed by atoms with Crippen LogP contribution in [0.2, 0.25) is 0 Å². The van der Waals surface area contributed by atoms with Crippen molar-refractivity contribution in [2.75, 3.05) is 0 Å². The van der Waals surface area contributed by atoms with E-state index in [2.05, 4.69) is 37.3 Å². The van der Waals surface area contributed by atoms with Crippen LogP contribution in [0.15, 0.2) is 54.6 Å². The first-order chi connectivity index (χ1) is 13.7. The van der Waals surface area contributed by atoms with Gasteiger partial charge in [-0.05, 0) is 82.8 Å². The summed E-state index contributed by atoms with van der Waals surface area (Å²) in [5.74, 6) is -0.0705. The van der Waals surface area contributed by atoms with Crippen LogP contribution in [0.25, 0.3) is 22.3 Å². The van der Waals surface area contributed by atoms with Crippen molar-refractivity contribution in [2.45, 2.75) is 45.4 Å². The average Bonchev–Trinajstić information content (AvgIpc) is 2.74. The maximum absolute atomic E-state index is 14.7. The summed E-state index contributed by atoms with van der Waals surface area (Å²) in [6.45, 7) is 2.17. The molecule has 0 N–H and O–H groups in total. The van der Waals surface area contributed by atoms with Crippen LogP contribution in [0.3, 0.4) is 0 Å². The number of aryl methyl sites for hydroxylation is 3. The molecule has 0 aromatic heterocycles. The number of unbranched alkanes of at least 4 members (excludes halogenated alkanes) is 2. The van der Waals surface area contributed by atoms with Crippen LogP contribution >= 0.6 is 0 Å². The molecule has 3 aromatic rings. The van der Waals surface area contributed by atoms with Crippen LogP contribution in [0.4, 0.5) is 4.39 Å². The fourth-order valence-electron chi connectivity index (χ4n) is 4.13. The van der Waals surface area contributed by atoms with Gasteiger partial charge in [0.25, 0.3) is 0 Å². The van der Waals surface area contributed by atoms with Crippen molar-refractivity contribution in [3.05, 3.63) is 82.7 Å². The Hall–Kier alpha value is -2.92. The Bertz CT molecular complexity index is 1040. The molecule has 1 nitrogen and oxygen atoms in total. The van der Waals surface area contributed by atoms with Crippen LogP contribution in [0.1, 0.15) is 48.4 Å². The van der Waals surface area contributed by atoms with Crippen molar-refractivity contribution in [3.8, 4) is 28.3 Å². The van der Waals surface area contributed by atoms with E-state index in [9.17, 15) is 4.39 Å². The zero-order valence-electron chi connectivity index (χ0n) is 16.3. The van der Waals surface area contributed by atoms with E-state index in [1.54, 1.807) is 6.07 Å². The zero-order valence-corrected chi connectivity index (χ0v) is 16.3. The molecule has 0 saturated heterocycles. The summed E-state index contributed by atoms with van der Waals surface area (Å²) in [5, 5.41) is 8.97. The summed E-state index contributed by atoms with van der Waals surface area (Å²) in [5.41, 5.74) is 8.51. The van der Waals surface area contributed by atoms with Gasteiger partial charge in [-0.1, -0.05) is 56.2 Å². The van der Waals surface area contributed by atoms with Gasteiger partial charge in [0.05, 0.1) is 11.6 Å². The van der Waals surface area contributed by atoms with E-state index >= 15 is 0 Å². The van der Waals surface area contributed by atoms with Crippen molar-refractivity contribution in [1.29, 1.82) is 5.26 Å². The molecule has 140 valence electrons. The summed E-state index contributed by atoms with van der Waals surface area (Å²) >= 11 is 0. The van der Waals surface area contributed by atoms with Crippen molar-refractivity contribution in [1.82, 2.24) is 0 Å². The first-order valence-electron chi connectivity index (χ1n) is 10.1. The van der Waals surface area contributed by atoms with Crippen LogP contribution < -0.4 is 0 Å². The number of rotatable bonds is 5. The third-order valence-electron chi connectivity index (χ3n) is 5.73. The number of benzene rings is 3. The van der Waals surface area contributed by atoms with Gasteiger partial charge < -0.3 is 0 Å². The second kappa shape index (κ2) is 7.98. The lowest BCUT2D eigenvalue weighted by atomic mass is 9.83. The van der Waals surface area contributed by atoms with Gasteiger partial charge in [0.15, 0.2) is 0 Å². The molecule has 3 aromatic carbocycles. The molecule has 0 amide bonds. The lowest BCUT2D eigenvalue weighted by molar-refractivity contribution is 0.597. The molecule has 1 aliphatic rings. The smallest absolute Gasteiger partial charge is 0.127 e. The highest BCUT2D eigenvalue weighted by atomic mass is 19.1. The van der Waals surface area contributed by atoms with Gasteiger partial charge in [-0.15, -0.1) is 0 Å².